The van der Waals surface area contributed by atoms with Crippen molar-refractivity contribution in [1.29, 1.82) is 0 Å². The van der Waals surface area contributed by atoms with E-state index in [1.54, 1.807) is 12.1 Å². The van der Waals surface area contributed by atoms with Gasteiger partial charge in [0, 0.05) is 13.1 Å². The molecule has 19 heavy (non-hydrogen) atoms. The maximum absolute atomic E-state index is 10.9. The first-order valence-electron chi connectivity index (χ1n) is 7.15. The number of rotatable bonds is 7. The van der Waals surface area contributed by atoms with E-state index in [1.807, 2.05) is 13.0 Å². The molecule has 0 aromatic heterocycles. The molecule has 1 N–H and O–H groups in total. The van der Waals surface area contributed by atoms with Crippen LogP contribution in [0.4, 0.5) is 0 Å². The summed E-state index contributed by atoms with van der Waals surface area (Å²) in [4.78, 5) is 13.4. The summed E-state index contributed by atoms with van der Waals surface area (Å²) in [6.07, 6.45) is 3.91. The van der Waals surface area contributed by atoms with Gasteiger partial charge in [-0.2, -0.15) is 0 Å². The fourth-order valence-electron chi connectivity index (χ4n) is 2.46. The smallest absolute Gasteiger partial charge is 0.335 e. The van der Waals surface area contributed by atoms with Gasteiger partial charge in [0.2, 0.25) is 0 Å². The molecule has 1 aromatic rings. The van der Waals surface area contributed by atoms with Crippen LogP contribution in [0.25, 0.3) is 0 Å². The van der Waals surface area contributed by atoms with Gasteiger partial charge in [-0.15, -0.1) is 0 Å². The minimum atomic E-state index is -0.849. The highest BCUT2D eigenvalue weighted by molar-refractivity contribution is 5.87. The summed E-state index contributed by atoms with van der Waals surface area (Å²) in [5, 5.41) is 8.98. The quantitative estimate of drug-likeness (QED) is 0.818. The minimum Gasteiger partial charge on any atom is -0.478 e. The normalized spacial score (nSPS) is 14.9. The molecule has 1 fully saturated rings. The minimum absolute atomic E-state index is 0.380. The first-order chi connectivity index (χ1) is 9.10. The average Bonchev–Trinajstić information content (AvgIpc) is 3.15. The Kier molecular flexibility index (Phi) is 4.59. The number of carbonyl (C=O) groups is 1. The van der Waals surface area contributed by atoms with Crippen molar-refractivity contribution in [1.82, 2.24) is 4.90 Å². The van der Waals surface area contributed by atoms with Gasteiger partial charge in [0.15, 0.2) is 0 Å². The predicted octanol–water partition coefficient (Wildman–Crippen LogP) is 3.32. The van der Waals surface area contributed by atoms with E-state index in [1.165, 1.54) is 31.4 Å². The Bertz CT molecular complexity index is 452. The van der Waals surface area contributed by atoms with Gasteiger partial charge in [-0.05, 0) is 61.9 Å². The van der Waals surface area contributed by atoms with Crippen LogP contribution in [0.2, 0.25) is 0 Å². The molecule has 0 atom stereocenters. The van der Waals surface area contributed by atoms with Crippen molar-refractivity contribution in [3.63, 3.8) is 0 Å². The van der Waals surface area contributed by atoms with E-state index >= 15 is 0 Å². The van der Waals surface area contributed by atoms with E-state index in [9.17, 15) is 4.79 Å². The SMILES string of the molecule is CCCN(Cc1ccc(C(=O)O)cc1C)CC1CC1. The van der Waals surface area contributed by atoms with Crippen molar-refractivity contribution in [2.75, 3.05) is 13.1 Å². The Morgan fingerprint density at radius 2 is 2.16 bits per heavy atom. The summed E-state index contributed by atoms with van der Waals surface area (Å²) in [6, 6.07) is 5.46. The standard InChI is InChI=1S/C16H23NO2/c1-3-8-17(10-13-4-5-13)11-15-7-6-14(16(18)19)9-12(15)2/h6-7,9,13H,3-5,8,10-11H2,1-2H3,(H,18,19). The topological polar surface area (TPSA) is 40.5 Å². The Labute approximate surface area is 115 Å². The number of hydrogen-bond acceptors (Lipinski definition) is 2. The molecule has 1 aliphatic rings. The number of benzene rings is 1. The molecule has 3 nitrogen and oxygen atoms in total. The van der Waals surface area contributed by atoms with Crippen molar-refractivity contribution >= 4 is 5.97 Å². The number of hydrogen-bond donors (Lipinski definition) is 1. The zero-order valence-electron chi connectivity index (χ0n) is 11.9. The van der Waals surface area contributed by atoms with Crippen molar-refractivity contribution in [3.8, 4) is 0 Å². The summed E-state index contributed by atoms with van der Waals surface area (Å²) < 4.78 is 0. The molecular formula is C16H23NO2. The van der Waals surface area contributed by atoms with E-state index in [4.69, 9.17) is 5.11 Å². The molecule has 3 heteroatoms. The molecule has 104 valence electrons. The molecule has 0 radical (unpaired) electrons. The van der Waals surface area contributed by atoms with Crippen LogP contribution in [0, 0.1) is 12.8 Å². The zero-order valence-corrected chi connectivity index (χ0v) is 11.9. The van der Waals surface area contributed by atoms with Crippen LogP contribution in [0.1, 0.15) is 47.7 Å². The van der Waals surface area contributed by atoms with Crippen molar-refractivity contribution in [2.24, 2.45) is 5.92 Å². The summed E-state index contributed by atoms with van der Waals surface area (Å²) in [7, 11) is 0. The summed E-state index contributed by atoms with van der Waals surface area (Å²) in [5.41, 5.74) is 2.71. The van der Waals surface area contributed by atoms with Gasteiger partial charge in [-0.25, -0.2) is 4.79 Å². The monoisotopic (exact) mass is 261 g/mol. The lowest BCUT2D eigenvalue weighted by Gasteiger charge is -2.22. The largest absolute Gasteiger partial charge is 0.478 e. The molecule has 0 aliphatic heterocycles. The fraction of sp³-hybridized carbons (Fsp3) is 0.562. The van der Waals surface area contributed by atoms with Gasteiger partial charge in [0.05, 0.1) is 5.56 Å². The van der Waals surface area contributed by atoms with Crippen molar-refractivity contribution in [2.45, 2.75) is 39.7 Å². The molecule has 1 aromatic carbocycles. The number of aryl methyl sites for hydroxylation is 1. The van der Waals surface area contributed by atoms with Gasteiger partial charge in [-0.1, -0.05) is 13.0 Å². The van der Waals surface area contributed by atoms with E-state index in [-0.39, 0.29) is 0 Å². The first kappa shape index (κ1) is 14.1. The van der Waals surface area contributed by atoms with Gasteiger partial charge in [0.25, 0.3) is 0 Å². The van der Waals surface area contributed by atoms with Gasteiger partial charge in [0.1, 0.15) is 0 Å². The zero-order chi connectivity index (χ0) is 13.8. The molecule has 0 unspecified atom stereocenters. The molecule has 0 spiro atoms. The highest BCUT2D eigenvalue weighted by Crippen LogP contribution is 2.30. The lowest BCUT2D eigenvalue weighted by Crippen LogP contribution is -2.26. The molecule has 1 saturated carbocycles. The lowest BCUT2D eigenvalue weighted by molar-refractivity contribution is 0.0696. The molecule has 0 heterocycles. The van der Waals surface area contributed by atoms with Crippen LogP contribution >= 0.6 is 0 Å². The summed E-state index contributed by atoms with van der Waals surface area (Å²) in [6.45, 7) is 7.46. The second kappa shape index (κ2) is 6.20. The third-order valence-electron chi connectivity index (χ3n) is 3.74. The molecule has 2 rings (SSSR count). The molecule has 0 amide bonds. The number of aromatic carboxylic acids is 1. The third-order valence-corrected chi connectivity index (χ3v) is 3.74. The Morgan fingerprint density at radius 3 is 2.68 bits per heavy atom. The summed E-state index contributed by atoms with van der Waals surface area (Å²) in [5.74, 6) is 0.0446. The fourth-order valence-corrected chi connectivity index (χ4v) is 2.46. The number of carboxylic acid groups (broad SMARTS) is 1. The first-order valence-corrected chi connectivity index (χ1v) is 7.15. The van der Waals surface area contributed by atoms with E-state index < -0.39 is 5.97 Å². The van der Waals surface area contributed by atoms with E-state index in [2.05, 4.69) is 11.8 Å². The Hall–Kier alpha value is -1.35. The van der Waals surface area contributed by atoms with Crippen molar-refractivity contribution in [3.05, 3.63) is 34.9 Å². The van der Waals surface area contributed by atoms with Gasteiger partial charge in [-0.3, -0.25) is 4.90 Å². The Balaban J connectivity index is 2.04. The van der Waals surface area contributed by atoms with Crippen LogP contribution in [0.15, 0.2) is 18.2 Å². The van der Waals surface area contributed by atoms with Crippen LogP contribution in [0.3, 0.4) is 0 Å². The van der Waals surface area contributed by atoms with Gasteiger partial charge < -0.3 is 5.11 Å². The van der Waals surface area contributed by atoms with Crippen LogP contribution < -0.4 is 0 Å². The number of nitrogens with zero attached hydrogens (tertiary/aromatic N) is 1. The molecular weight excluding hydrogens is 238 g/mol. The van der Waals surface area contributed by atoms with Crippen LogP contribution in [-0.4, -0.2) is 29.1 Å². The third kappa shape index (κ3) is 4.06. The second-order valence-electron chi connectivity index (χ2n) is 5.62. The second-order valence-corrected chi connectivity index (χ2v) is 5.62. The average molecular weight is 261 g/mol. The van der Waals surface area contributed by atoms with Crippen LogP contribution in [0.5, 0.6) is 0 Å². The maximum Gasteiger partial charge on any atom is 0.335 e. The highest BCUT2D eigenvalue weighted by atomic mass is 16.4. The van der Waals surface area contributed by atoms with Crippen molar-refractivity contribution < 1.29 is 9.90 Å². The highest BCUT2D eigenvalue weighted by Gasteiger charge is 2.24. The molecule has 1 aliphatic carbocycles. The lowest BCUT2D eigenvalue weighted by atomic mass is 10.0. The Morgan fingerprint density at radius 1 is 1.42 bits per heavy atom. The van der Waals surface area contributed by atoms with Crippen LogP contribution in [-0.2, 0) is 6.54 Å². The van der Waals surface area contributed by atoms with Gasteiger partial charge >= 0.3 is 5.97 Å². The maximum atomic E-state index is 10.9. The number of carboxylic acids is 1. The molecule has 0 saturated heterocycles. The molecule has 0 bridgehead atoms. The van der Waals surface area contributed by atoms with E-state index in [0.29, 0.717) is 5.56 Å². The summed E-state index contributed by atoms with van der Waals surface area (Å²) >= 11 is 0. The van der Waals surface area contributed by atoms with E-state index in [0.717, 1.165) is 24.6 Å². The predicted molar refractivity (Wildman–Crippen MR) is 76.4 cm³/mol.